The minimum absolute atomic E-state index is 0.0526. The molecular weight excluding hydrogens is 470 g/mol. The Morgan fingerprint density at radius 2 is 1.92 bits per heavy atom. The number of rotatable bonds is 8. The fraction of sp³-hybridized carbons (Fsp3) is 0.571. The second-order valence-corrected chi connectivity index (χ2v) is 11.3. The maximum absolute atomic E-state index is 15.6. The Kier molecular flexibility index (Phi) is 6.70. The molecule has 196 valence electrons. The summed E-state index contributed by atoms with van der Waals surface area (Å²) in [6, 6.07) is 1.67. The molecule has 3 aliphatic heterocycles. The predicted molar refractivity (Wildman–Crippen MR) is 132 cm³/mol. The van der Waals surface area contributed by atoms with Crippen LogP contribution in [0.1, 0.15) is 45.2 Å². The standard InChI is InChI=1S/C28H35F4N3O/c1-27(2,32)17-35-9-7-20-21-6-4-5-8-28(21,3)33-25(20)26(35)24-22(30)12-19(13-23(24)31)36-11-10-34-15-18(14-29)16-34/h4-6,12-13,18,26,33H,7-11,14-17H2,1-3H3. The zero-order valence-electron chi connectivity index (χ0n) is 21.2. The molecule has 1 fully saturated rings. The summed E-state index contributed by atoms with van der Waals surface area (Å²) in [6.07, 6.45) is 7.63. The molecular formula is C28H35F4N3O. The lowest BCUT2D eigenvalue weighted by Gasteiger charge is -2.40. The van der Waals surface area contributed by atoms with Gasteiger partial charge in [0.2, 0.25) is 0 Å². The van der Waals surface area contributed by atoms with E-state index in [0.717, 1.165) is 23.3 Å². The lowest BCUT2D eigenvalue weighted by molar-refractivity contribution is 0.0667. The van der Waals surface area contributed by atoms with Crippen molar-refractivity contribution in [2.24, 2.45) is 5.92 Å². The van der Waals surface area contributed by atoms with Crippen molar-refractivity contribution < 1.29 is 22.3 Å². The molecule has 3 heterocycles. The molecule has 1 N–H and O–H groups in total. The maximum Gasteiger partial charge on any atom is 0.135 e. The van der Waals surface area contributed by atoms with E-state index in [1.165, 1.54) is 26.0 Å². The summed E-state index contributed by atoms with van der Waals surface area (Å²) < 4.78 is 64.3. The van der Waals surface area contributed by atoms with Crippen molar-refractivity contribution in [3.63, 3.8) is 0 Å². The van der Waals surface area contributed by atoms with Gasteiger partial charge < -0.3 is 10.1 Å². The van der Waals surface area contributed by atoms with Crippen molar-refractivity contribution in [1.82, 2.24) is 15.1 Å². The SMILES string of the molecule is CC(C)(F)CN1CCC2=C(NC3(C)CC=CC=C23)C1c1c(F)cc(OCCN2CC(CF)C2)cc1F. The summed E-state index contributed by atoms with van der Waals surface area (Å²) >= 11 is 0. The highest BCUT2D eigenvalue weighted by Gasteiger charge is 2.47. The van der Waals surface area contributed by atoms with Gasteiger partial charge in [-0.3, -0.25) is 14.2 Å². The second-order valence-electron chi connectivity index (χ2n) is 11.3. The van der Waals surface area contributed by atoms with E-state index >= 15 is 8.78 Å². The van der Waals surface area contributed by atoms with E-state index in [2.05, 4.69) is 24.4 Å². The summed E-state index contributed by atoms with van der Waals surface area (Å²) in [5, 5.41) is 3.57. The summed E-state index contributed by atoms with van der Waals surface area (Å²) in [4.78, 5) is 3.89. The first kappa shape index (κ1) is 25.3. The van der Waals surface area contributed by atoms with E-state index in [0.29, 0.717) is 32.6 Å². The Hall–Kier alpha value is -2.32. The first-order chi connectivity index (χ1) is 17.1. The van der Waals surface area contributed by atoms with Crippen LogP contribution in [-0.4, -0.2) is 67.0 Å². The van der Waals surface area contributed by atoms with Crippen LogP contribution in [0.4, 0.5) is 17.6 Å². The lowest BCUT2D eigenvalue weighted by atomic mass is 9.81. The molecule has 1 aliphatic carbocycles. The van der Waals surface area contributed by atoms with Gasteiger partial charge in [-0.2, -0.15) is 0 Å². The number of benzene rings is 1. The number of nitrogens with zero attached hydrogens (tertiary/aromatic N) is 2. The maximum atomic E-state index is 15.6. The van der Waals surface area contributed by atoms with E-state index in [1.54, 1.807) is 0 Å². The number of halogens is 4. The zero-order chi connectivity index (χ0) is 25.7. The van der Waals surface area contributed by atoms with Gasteiger partial charge in [0.1, 0.15) is 29.7 Å². The molecule has 36 heavy (non-hydrogen) atoms. The number of alkyl halides is 2. The van der Waals surface area contributed by atoms with Crippen LogP contribution in [0, 0.1) is 17.6 Å². The van der Waals surface area contributed by atoms with Gasteiger partial charge >= 0.3 is 0 Å². The summed E-state index contributed by atoms with van der Waals surface area (Å²) in [5.41, 5.74) is 1.02. The average Bonchev–Trinajstić information content (AvgIpc) is 3.07. The number of nitrogens with one attached hydrogen (secondary N) is 1. The van der Waals surface area contributed by atoms with Crippen LogP contribution in [0.3, 0.4) is 0 Å². The topological polar surface area (TPSA) is 27.7 Å². The molecule has 4 nitrogen and oxygen atoms in total. The van der Waals surface area contributed by atoms with Crippen molar-refractivity contribution in [1.29, 1.82) is 0 Å². The van der Waals surface area contributed by atoms with Gasteiger partial charge in [-0.1, -0.05) is 18.2 Å². The molecule has 1 aromatic rings. The van der Waals surface area contributed by atoms with E-state index < -0.39 is 23.3 Å². The lowest BCUT2D eigenvalue weighted by Crippen LogP contribution is -2.49. The normalized spacial score (nSPS) is 26.9. The molecule has 0 bridgehead atoms. The smallest absolute Gasteiger partial charge is 0.135 e. The third-order valence-electron chi connectivity index (χ3n) is 7.70. The van der Waals surface area contributed by atoms with Crippen LogP contribution >= 0.6 is 0 Å². The van der Waals surface area contributed by atoms with Gasteiger partial charge in [0, 0.05) is 62.0 Å². The molecule has 2 atom stereocenters. The van der Waals surface area contributed by atoms with Crippen molar-refractivity contribution in [2.75, 3.05) is 46.0 Å². The third kappa shape index (κ3) is 4.82. The van der Waals surface area contributed by atoms with Crippen molar-refractivity contribution in [3.8, 4) is 5.75 Å². The highest BCUT2D eigenvalue weighted by Crippen LogP contribution is 2.49. The molecule has 0 amide bonds. The number of ether oxygens (including phenoxy) is 1. The minimum atomic E-state index is -1.53. The predicted octanol–water partition coefficient (Wildman–Crippen LogP) is 5.24. The van der Waals surface area contributed by atoms with E-state index in [-0.39, 0.29) is 42.6 Å². The molecule has 0 saturated carbocycles. The fourth-order valence-corrected chi connectivity index (χ4v) is 6.04. The second kappa shape index (κ2) is 9.53. The van der Waals surface area contributed by atoms with Crippen molar-refractivity contribution >= 4 is 0 Å². The molecule has 0 spiro atoms. The van der Waals surface area contributed by atoms with Gasteiger partial charge in [-0.05, 0) is 44.8 Å². The minimum Gasteiger partial charge on any atom is -0.492 e. The number of hydrogen-bond donors (Lipinski definition) is 1. The Bertz CT molecular complexity index is 1080. The van der Waals surface area contributed by atoms with Crippen LogP contribution in [0.2, 0.25) is 0 Å². The van der Waals surface area contributed by atoms with Crippen LogP contribution in [0.25, 0.3) is 0 Å². The van der Waals surface area contributed by atoms with Gasteiger partial charge in [0.05, 0.1) is 18.3 Å². The molecule has 1 aromatic carbocycles. The van der Waals surface area contributed by atoms with Crippen LogP contribution in [-0.2, 0) is 0 Å². The number of likely N-dealkylation sites (tertiary alicyclic amines) is 1. The Balaban J connectivity index is 1.42. The van der Waals surface area contributed by atoms with Gasteiger partial charge in [0.25, 0.3) is 0 Å². The van der Waals surface area contributed by atoms with Crippen LogP contribution in [0.5, 0.6) is 5.75 Å². The van der Waals surface area contributed by atoms with Crippen molar-refractivity contribution in [2.45, 2.75) is 50.9 Å². The average molecular weight is 506 g/mol. The molecule has 0 aromatic heterocycles. The summed E-state index contributed by atoms with van der Waals surface area (Å²) in [5.74, 6) is -1.22. The highest BCUT2D eigenvalue weighted by molar-refractivity contribution is 5.56. The Morgan fingerprint density at radius 1 is 1.19 bits per heavy atom. The fourth-order valence-electron chi connectivity index (χ4n) is 6.04. The zero-order valence-corrected chi connectivity index (χ0v) is 21.2. The Morgan fingerprint density at radius 3 is 2.58 bits per heavy atom. The van der Waals surface area contributed by atoms with Crippen molar-refractivity contribution in [3.05, 3.63) is 64.4 Å². The molecule has 4 aliphatic rings. The summed E-state index contributed by atoms with van der Waals surface area (Å²) in [6.45, 7) is 7.50. The van der Waals surface area contributed by atoms with E-state index in [1.807, 2.05) is 15.9 Å². The monoisotopic (exact) mass is 505 g/mol. The van der Waals surface area contributed by atoms with Gasteiger partial charge in [0.15, 0.2) is 0 Å². The number of fused-ring (bicyclic) bond motifs is 2. The largest absolute Gasteiger partial charge is 0.492 e. The Labute approximate surface area is 210 Å². The first-order valence-corrected chi connectivity index (χ1v) is 12.8. The summed E-state index contributed by atoms with van der Waals surface area (Å²) in [7, 11) is 0. The highest BCUT2D eigenvalue weighted by atomic mass is 19.1. The molecule has 1 saturated heterocycles. The van der Waals surface area contributed by atoms with E-state index in [9.17, 15) is 8.78 Å². The van der Waals surface area contributed by atoms with Crippen LogP contribution in [0.15, 0.2) is 47.2 Å². The molecule has 5 rings (SSSR count). The molecule has 0 radical (unpaired) electrons. The third-order valence-corrected chi connectivity index (χ3v) is 7.70. The van der Waals surface area contributed by atoms with E-state index in [4.69, 9.17) is 4.74 Å². The first-order valence-electron chi connectivity index (χ1n) is 12.8. The van der Waals surface area contributed by atoms with Gasteiger partial charge in [-0.15, -0.1) is 0 Å². The van der Waals surface area contributed by atoms with Gasteiger partial charge in [-0.25, -0.2) is 13.2 Å². The molecule has 2 unspecified atom stereocenters. The number of hydrogen-bond acceptors (Lipinski definition) is 4. The molecule has 8 heteroatoms. The number of allylic oxidation sites excluding steroid dienone is 2. The van der Waals surface area contributed by atoms with Crippen LogP contribution < -0.4 is 10.1 Å². The quantitative estimate of drug-likeness (QED) is 0.489.